The predicted molar refractivity (Wildman–Crippen MR) is 78.3 cm³/mol. The molecule has 0 fully saturated rings. The van der Waals surface area contributed by atoms with Gasteiger partial charge in [-0.05, 0) is 36.9 Å². The fraction of sp³-hybridized carbons (Fsp3) is 0.600. The maximum absolute atomic E-state index is 13.4. The second kappa shape index (κ2) is 9.29. The third-order valence-electron chi connectivity index (χ3n) is 3.15. The Morgan fingerprint density at radius 3 is 2.89 bits per heavy atom. The molecule has 1 N–H and O–H groups in total. The van der Waals surface area contributed by atoms with Crippen molar-refractivity contribution in [1.82, 2.24) is 5.32 Å². The van der Waals surface area contributed by atoms with E-state index in [4.69, 9.17) is 16.3 Å². The van der Waals surface area contributed by atoms with Crippen molar-refractivity contribution in [3.05, 3.63) is 34.6 Å². The molecule has 0 heterocycles. The van der Waals surface area contributed by atoms with Gasteiger partial charge in [0.05, 0.1) is 11.6 Å². The highest BCUT2D eigenvalue weighted by Gasteiger charge is 2.12. The summed E-state index contributed by atoms with van der Waals surface area (Å²) in [4.78, 5) is 0. The zero-order chi connectivity index (χ0) is 14.1. The van der Waals surface area contributed by atoms with Gasteiger partial charge in [-0.15, -0.1) is 0 Å². The highest BCUT2D eigenvalue weighted by atomic mass is 35.5. The van der Waals surface area contributed by atoms with Crippen molar-refractivity contribution < 1.29 is 9.13 Å². The quantitative estimate of drug-likeness (QED) is 0.700. The van der Waals surface area contributed by atoms with Crippen molar-refractivity contribution in [3.63, 3.8) is 0 Å². The molecule has 1 aromatic rings. The number of halogens is 2. The minimum absolute atomic E-state index is 0.264. The first-order chi connectivity index (χ1) is 9.19. The lowest BCUT2D eigenvalue weighted by Gasteiger charge is -2.18. The van der Waals surface area contributed by atoms with Crippen LogP contribution in [0.25, 0.3) is 0 Å². The summed E-state index contributed by atoms with van der Waals surface area (Å²) in [6.07, 6.45) is 3.03. The highest BCUT2D eigenvalue weighted by Crippen LogP contribution is 2.23. The van der Waals surface area contributed by atoms with Crippen LogP contribution < -0.4 is 5.32 Å². The molecule has 0 amide bonds. The van der Waals surface area contributed by atoms with Gasteiger partial charge in [-0.3, -0.25) is 0 Å². The largest absolute Gasteiger partial charge is 0.383 e. The summed E-state index contributed by atoms with van der Waals surface area (Å²) in [6.45, 7) is 4.62. The lowest BCUT2D eigenvalue weighted by molar-refractivity contribution is 0.197. The van der Waals surface area contributed by atoms with Crippen LogP contribution in [0.5, 0.6) is 0 Å². The fourth-order valence-corrected chi connectivity index (χ4v) is 2.39. The van der Waals surface area contributed by atoms with E-state index in [1.807, 2.05) is 6.07 Å². The van der Waals surface area contributed by atoms with Crippen LogP contribution >= 0.6 is 11.6 Å². The van der Waals surface area contributed by atoms with E-state index in [-0.39, 0.29) is 10.8 Å². The molecule has 2 nitrogen and oxygen atoms in total. The summed E-state index contributed by atoms with van der Waals surface area (Å²) in [7, 11) is 1.69. The zero-order valence-electron chi connectivity index (χ0n) is 11.7. The molecule has 1 unspecified atom stereocenters. The normalized spacial score (nSPS) is 12.6. The molecule has 0 aliphatic heterocycles. The molecule has 0 aliphatic rings. The molecule has 0 radical (unpaired) electrons. The van der Waals surface area contributed by atoms with Crippen molar-refractivity contribution in [2.45, 2.75) is 26.2 Å². The van der Waals surface area contributed by atoms with Gasteiger partial charge in [-0.2, -0.15) is 0 Å². The van der Waals surface area contributed by atoms with E-state index in [0.717, 1.165) is 37.9 Å². The second-order valence-electron chi connectivity index (χ2n) is 4.77. The fourth-order valence-electron chi connectivity index (χ4n) is 2.18. The molecule has 4 heteroatoms. The third-order valence-corrected chi connectivity index (χ3v) is 3.58. The molecule has 19 heavy (non-hydrogen) atoms. The van der Waals surface area contributed by atoms with Gasteiger partial charge < -0.3 is 10.1 Å². The third kappa shape index (κ3) is 5.89. The summed E-state index contributed by atoms with van der Waals surface area (Å²) in [5, 5.41) is 3.63. The van der Waals surface area contributed by atoms with Crippen LogP contribution in [0, 0.1) is 11.7 Å². The Hall–Kier alpha value is -0.640. The minimum atomic E-state index is -0.332. The summed E-state index contributed by atoms with van der Waals surface area (Å²) in [5.74, 6) is 0.142. The van der Waals surface area contributed by atoms with E-state index >= 15 is 0 Å². The molecule has 1 atom stereocenters. The Labute approximate surface area is 120 Å². The SMILES string of the molecule is CCCC(CNCCOC)Cc1cccc(F)c1Cl. The molecule has 0 spiro atoms. The van der Waals surface area contributed by atoms with Crippen LogP contribution in [0.2, 0.25) is 5.02 Å². The van der Waals surface area contributed by atoms with Crippen LogP contribution in [-0.4, -0.2) is 26.8 Å². The van der Waals surface area contributed by atoms with Crippen LogP contribution in [0.3, 0.4) is 0 Å². The van der Waals surface area contributed by atoms with E-state index in [1.165, 1.54) is 6.07 Å². The Balaban J connectivity index is 2.54. The molecule has 108 valence electrons. The smallest absolute Gasteiger partial charge is 0.142 e. The van der Waals surface area contributed by atoms with Crippen LogP contribution in [-0.2, 0) is 11.2 Å². The lowest BCUT2D eigenvalue weighted by atomic mass is 9.95. The average Bonchev–Trinajstić information content (AvgIpc) is 2.40. The summed E-state index contributed by atoms with van der Waals surface area (Å²) < 4.78 is 18.4. The Bertz CT molecular complexity index is 373. The number of methoxy groups -OCH3 is 1. The maximum atomic E-state index is 13.4. The number of rotatable bonds is 9. The number of benzene rings is 1. The first kappa shape index (κ1) is 16.4. The lowest BCUT2D eigenvalue weighted by Crippen LogP contribution is -2.27. The van der Waals surface area contributed by atoms with Crippen molar-refractivity contribution in [2.75, 3.05) is 26.8 Å². The van der Waals surface area contributed by atoms with Gasteiger partial charge in [-0.25, -0.2) is 4.39 Å². The molecule has 0 bridgehead atoms. The molecule has 0 saturated heterocycles. The minimum Gasteiger partial charge on any atom is -0.383 e. The molecule has 1 aromatic carbocycles. The molecular formula is C15H23ClFNO. The summed E-state index contributed by atoms with van der Waals surface area (Å²) in [5.41, 5.74) is 0.897. The molecule has 0 saturated carbocycles. The van der Waals surface area contributed by atoms with Crippen molar-refractivity contribution in [3.8, 4) is 0 Å². The van der Waals surface area contributed by atoms with Crippen molar-refractivity contribution in [1.29, 1.82) is 0 Å². The second-order valence-corrected chi connectivity index (χ2v) is 5.15. The number of nitrogens with one attached hydrogen (secondary N) is 1. The first-order valence-corrected chi connectivity index (χ1v) is 7.19. The maximum Gasteiger partial charge on any atom is 0.142 e. The Kier molecular flexibility index (Phi) is 8.03. The Morgan fingerprint density at radius 1 is 1.42 bits per heavy atom. The van der Waals surface area contributed by atoms with Crippen LogP contribution in [0.15, 0.2) is 18.2 Å². The molecule has 0 aromatic heterocycles. The molecular weight excluding hydrogens is 265 g/mol. The summed E-state index contributed by atoms with van der Waals surface area (Å²) in [6, 6.07) is 5.03. The van der Waals surface area contributed by atoms with E-state index in [9.17, 15) is 4.39 Å². The standard InChI is InChI=1S/C15H23ClFNO/c1-3-5-12(11-18-8-9-19-2)10-13-6-4-7-14(17)15(13)16/h4,6-7,12,18H,3,5,8-11H2,1-2H3. The topological polar surface area (TPSA) is 21.3 Å². The Morgan fingerprint density at radius 2 is 2.21 bits per heavy atom. The van der Waals surface area contributed by atoms with E-state index in [2.05, 4.69) is 12.2 Å². The van der Waals surface area contributed by atoms with Gasteiger partial charge in [0.25, 0.3) is 0 Å². The van der Waals surface area contributed by atoms with Gasteiger partial charge in [0, 0.05) is 13.7 Å². The van der Waals surface area contributed by atoms with Gasteiger partial charge >= 0.3 is 0 Å². The van der Waals surface area contributed by atoms with Crippen molar-refractivity contribution >= 4 is 11.6 Å². The molecule has 0 aliphatic carbocycles. The van der Waals surface area contributed by atoms with Crippen molar-refractivity contribution in [2.24, 2.45) is 5.92 Å². The average molecular weight is 288 g/mol. The summed E-state index contributed by atoms with van der Waals surface area (Å²) >= 11 is 6.01. The number of ether oxygens (including phenoxy) is 1. The zero-order valence-corrected chi connectivity index (χ0v) is 12.5. The van der Waals surface area contributed by atoms with E-state index in [0.29, 0.717) is 12.5 Å². The van der Waals surface area contributed by atoms with Gasteiger partial charge in [0.1, 0.15) is 5.82 Å². The van der Waals surface area contributed by atoms with Crippen LogP contribution in [0.1, 0.15) is 25.3 Å². The monoisotopic (exact) mass is 287 g/mol. The van der Waals surface area contributed by atoms with Gasteiger partial charge in [-0.1, -0.05) is 37.1 Å². The van der Waals surface area contributed by atoms with Gasteiger partial charge in [0.2, 0.25) is 0 Å². The van der Waals surface area contributed by atoms with E-state index in [1.54, 1.807) is 13.2 Å². The van der Waals surface area contributed by atoms with Gasteiger partial charge in [0.15, 0.2) is 0 Å². The van der Waals surface area contributed by atoms with E-state index < -0.39 is 0 Å². The predicted octanol–water partition coefficient (Wildman–Crippen LogP) is 3.67. The number of hydrogen-bond donors (Lipinski definition) is 1. The number of hydrogen-bond acceptors (Lipinski definition) is 2. The molecule has 1 rings (SSSR count). The highest BCUT2D eigenvalue weighted by molar-refractivity contribution is 6.31. The first-order valence-electron chi connectivity index (χ1n) is 6.81. The van der Waals surface area contributed by atoms with Crippen LogP contribution in [0.4, 0.5) is 4.39 Å².